The molecule has 1 aliphatic heterocycles. The number of carbonyl (C=O) groups is 1. The molecule has 0 spiro atoms. The van der Waals surface area contributed by atoms with Crippen LogP contribution in [-0.4, -0.2) is 41.8 Å². The molecule has 0 unspecified atom stereocenters. The van der Waals surface area contributed by atoms with Crippen LogP contribution < -0.4 is 5.32 Å². The highest BCUT2D eigenvalue weighted by atomic mass is 19.2. The molecule has 2 atom stereocenters. The molecule has 2 aromatic rings. The fourth-order valence-electron chi connectivity index (χ4n) is 3.20. The lowest BCUT2D eigenvalue weighted by Gasteiger charge is -2.34. The summed E-state index contributed by atoms with van der Waals surface area (Å²) < 4.78 is 37.4. The van der Waals surface area contributed by atoms with Crippen molar-refractivity contribution in [2.45, 2.75) is 39.3 Å². The van der Waals surface area contributed by atoms with Crippen molar-refractivity contribution in [3.05, 3.63) is 52.4 Å². The smallest absolute Gasteiger partial charge is 0.317 e. The van der Waals surface area contributed by atoms with E-state index in [0.717, 1.165) is 29.2 Å². The number of urea groups is 1. The Kier molecular flexibility index (Phi) is 5.74. The zero-order chi connectivity index (χ0) is 19.6. The van der Waals surface area contributed by atoms with Crippen LogP contribution in [0, 0.1) is 25.5 Å². The normalized spacial score (nSPS) is 18.4. The Hall–Kier alpha value is -2.48. The van der Waals surface area contributed by atoms with Gasteiger partial charge in [0.05, 0.1) is 18.8 Å². The maximum atomic E-state index is 13.5. The second-order valence-corrected chi connectivity index (χ2v) is 6.84. The van der Waals surface area contributed by atoms with Gasteiger partial charge in [0.15, 0.2) is 11.6 Å². The number of carbonyl (C=O) groups excluding carboxylic acids is 1. The lowest BCUT2D eigenvalue weighted by molar-refractivity contribution is -0.0159. The summed E-state index contributed by atoms with van der Waals surface area (Å²) in [6.07, 6.45) is 0.126. The summed E-state index contributed by atoms with van der Waals surface area (Å²) >= 11 is 0. The maximum Gasteiger partial charge on any atom is 0.317 e. The van der Waals surface area contributed by atoms with Gasteiger partial charge in [-0.3, -0.25) is 0 Å². The summed E-state index contributed by atoms with van der Waals surface area (Å²) in [5, 5.41) is 6.89. The number of aromatic nitrogens is 1. The van der Waals surface area contributed by atoms with Gasteiger partial charge in [-0.05, 0) is 44.9 Å². The molecule has 0 aliphatic carbocycles. The number of rotatable bonds is 4. The first kappa shape index (κ1) is 19.3. The van der Waals surface area contributed by atoms with Crippen LogP contribution in [0.25, 0.3) is 0 Å². The Bertz CT molecular complexity index is 805. The van der Waals surface area contributed by atoms with Crippen LogP contribution >= 0.6 is 0 Å². The third-order valence-electron chi connectivity index (χ3n) is 4.73. The predicted molar refractivity (Wildman–Crippen MR) is 94.3 cm³/mol. The first-order valence-electron chi connectivity index (χ1n) is 8.89. The van der Waals surface area contributed by atoms with Gasteiger partial charge in [-0.25, -0.2) is 13.6 Å². The Labute approximate surface area is 156 Å². The van der Waals surface area contributed by atoms with Crippen LogP contribution in [0.3, 0.4) is 0 Å². The average molecular weight is 379 g/mol. The highest BCUT2D eigenvalue weighted by Crippen LogP contribution is 2.24. The Morgan fingerprint density at radius 2 is 2.15 bits per heavy atom. The molecular formula is C19H23F2N3O3. The van der Waals surface area contributed by atoms with E-state index in [2.05, 4.69) is 10.5 Å². The number of morpholine rings is 1. The second-order valence-electron chi connectivity index (χ2n) is 6.84. The number of aryl methyl sites for hydroxylation is 2. The molecule has 0 radical (unpaired) electrons. The van der Waals surface area contributed by atoms with E-state index >= 15 is 0 Å². The molecule has 1 aliphatic rings. The highest BCUT2D eigenvalue weighted by molar-refractivity contribution is 5.74. The number of halogens is 2. The molecule has 1 aromatic heterocycles. The molecule has 1 aromatic carbocycles. The average Bonchev–Trinajstić information content (AvgIpc) is 2.96. The van der Waals surface area contributed by atoms with Crippen molar-refractivity contribution in [2.24, 2.45) is 0 Å². The van der Waals surface area contributed by atoms with Gasteiger partial charge in [-0.1, -0.05) is 11.2 Å². The number of benzene rings is 1. The molecule has 1 N–H and O–H groups in total. The first-order valence-corrected chi connectivity index (χ1v) is 8.89. The van der Waals surface area contributed by atoms with E-state index in [1.54, 1.807) is 4.90 Å². The maximum absolute atomic E-state index is 13.5. The van der Waals surface area contributed by atoms with Crippen LogP contribution in [0.15, 0.2) is 22.7 Å². The third-order valence-corrected chi connectivity index (χ3v) is 4.73. The molecule has 3 rings (SSSR count). The molecule has 1 saturated heterocycles. The third kappa shape index (κ3) is 4.44. The summed E-state index contributed by atoms with van der Waals surface area (Å²) in [6, 6.07) is 3.33. The van der Waals surface area contributed by atoms with Gasteiger partial charge < -0.3 is 19.5 Å². The van der Waals surface area contributed by atoms with E-state index in [9.17, 15) is 13.6 Å². The SMILES string of the molecule is Cc1noc(C)c1C[C@H](C)NC(=O)N1CCO[C@@H](c2ccc(F)c(F)c2)C1. The highest BCUT2D eigenvalue weighted by Gasteiger charge is 2.27. The number of nitrogens with one attached hydrogen (secondary N) is 1. The van der Waals surface area contributed by atoms with E-state index in [-0.39, 0.29) is 18.6 Å². The standard InChI is InChI=1S/C19H23F2N3O3/c1-11(8-15-12(2)23-27-13(15)3)22-19(25)24-6-7-26-18(10-24)14-4-5-16(20)17(21)9-14/h4-5,9,11,18H,6-8,10H2,1-3H3,(H,22,25)/t11-,18+/m0/s1. The monoisotopic (exact) mass is 379 g/mol. The Morgan fingerprint density at radius 1 is 1.37 bits per heavy atom. The molecule has 6 nitrogen and oxygen atoms in total. The van der Waals surface area contributed by atoms with Gasteiger partial charge in [-0.2, -0.15) is 0 Å². The van der Waals surface area contributed by atoms with Gasteiger partial charge in [0.25, 0.3) is 0 Å². The lowest BCUT2D eigenvalue weighted by Crippen LogP contribution is -2.49. The van der Waals surface area contributed by atoms with E-state index in [4.69, 9.17) is 9.26 Å². The minimum absolute atomic E-state index is 0.112. The van der Waals surface area contributed by atoms with Crippen LogP contribution in [0.4, 0.5) is 13.6 Å². The van der Waals surface area contributed by atoms with Gasteiger partial charge in [0.1, 0.15) is 11.9 Å². The minimum atomic E-state index is -0.925. The van der Waals surface area contributed by atoms with E-state index < -0.39 is 17.7 Å². The van der Waals surface area contributed by atoms with Crippen molar-refractivity contribution in [1.29, 1.82) is 0 Å². The van der Waals surface area contributed by atoms with Gasteiger partial charge in [-0.15, -0.1) is 0 Å². The van der Waals surface area contributed by atoms with Gasteiger partial charge in [0, 0.05) is 18.2 Å². The molecule has 8 heteroatoms. The fraction of sp³-hybridized carbons (Fsp3) is 0.474. The van der Waals surface area contributed by atoms with Crippen LogP contribution in [0.2, 0.25) is 0 Å². The summed E-state index contributed by atoms with van der Waals surface area (Å²) in [5.41, 5.74) is 2.32. The van der Waals surface area contributed by atoms with Crippen molar-refractivity contribution in [2.75, 3.05) is 19.7 Å². The van der Waals surface area contributed by atoms with Crippen molar-refractivity contribution in [3.8, 4) is 0 Å². The Balaban J connectivity index is 1.60. The molecule has 1 fully saturated rings. The number of amides is 2. The quantitative estimate of drug-likeness (QED) is 0.885. The summed E-state index contributed by atoms with van der Waals surface area (Å²) in [7, 11) is 0. The van der Waals surface area contributed by atoms with Crippen molar-refractivity contribution < 1.29 is 22.8 Å². The minimum Gasteiger partial charge on any atom is -0.370 e. The first-order chi connectivity index (χ1) is 12.8. The number of hydrogen-bond donors (Lipinski definition) is 1. The molecule has 0 saturated carbocycles. The zero-order valence-electron chi connectivity index (χ0n) is 15.6. The summed E-state index contributed by atoms with van der Waals surface area (Å²) in [6.45, 7) is 6.67. The molecule has 146 valence electrons. The van der Waals surface area contributed by atoms with Crippen LogP contribution in [-0.2, 0) is 11.2 Å². The van der Waals surface area contributed by atoms with E-state index in [1.165, 1.54) is 6.07 Å². The lowest BCUT2D eigenvalue weighted by atomic mass is 10.1. The molecule has 2 heterocycles. The Morgan fingerprint density at radius 3 is 2.81 bits per heavy atom. The number of ether oxygens (including phenoxy) is 1. The van der Waals surface area contributed by atoms with E-state index in [0.29, 0.717) is 25.1 Å². The van der Waals surface area contributed by atoms with Crippen molar-refractivity contribution in [1.82, 2.24) is 15.4 Å². The molecule has 2 amide bonds. The van der Waals surface area contributed by atoms with Gasteiger partial charge in [0.2, 0.25) is 0 Å². The number of nitrogens with zero attached hydrogens (tertiary/aromatic N) is 2. The van der Waals surface area contributed by atoms with Crippen LogP contribution in [0.1, 0.15) is 35.6 Å². The summed E-state index contributed by atoms with van der Waals surface area (Å²) in [4.78, 5) is 14.2. The molecule has 0 bridgehead atoms. The number of hydrogen-bond acceptors (Lipinski definition) is 4. The van der Waals surface area contributed by atoms with Crippen molar-refractivity contribution >= 4 is 6.03 Å². The molecular weight excluding hydrogens is 356 g/mol. The predicted octanol–water partition coefficient (Wildman–Crippen LogP) is 3.28. The molecule has 27 heavy (non-hydrogen) atoms. The van der Waals surface area contributed by atoms with Crippen molar-refractivity contribution in [3.63, 3.8) is 0 Å². The summed E-state index contributed by atoms with van der Waals surface area (Å²) in [5.74, 6) is -1.08. The van der Waals surface area contributed by atoms with E-state index in [1.807, 2.05) is 20.8 Å². The fourth-order valence-corrected chi connectivity index (χ4v) is 3.20. The zero-order valence-corrected chi connectivity index (χ0v) is 15.6. The topological polar surface area (TPSA) is 67.6 Å². The largest absolute Gasteiger partial charge is 0.370 e. The second kappa shape index (κ2) is 8.04. The van der Waals surface area contributed by atoms with Crippen LogP contribution in [0.5, 0.6) is 0 Å². The van der Waals surface area contributed by atoms with Gasteiger partial charge >= 0.3 is 6.03 Å².